The molecule has 0 aromatic heterocycles. The average Bonchev–Trinajstić information content (AvgIpc) is 2.41. The van der Waals surface area contributed by atoms with Crippen molar-refractivity contribution < 1.29 is 15.0 Å². The summed E-state index contributed by atoms with van der Waals surface area (Å²) in [7, 11) is 0. The number of carbonyl (C=O) groups is 1. The number of nitrogens with one attached hydrogen (secondary N) is 1. The molecule has 96 valence electrons. The first-order valence-corrected chi connectivity index (χ1v) is 5.36. The lowest BCUT2D eigenvalue weighted by Crippen LogP contribution is -2.02. The summed E-state index contributed by atoms with van der Waals surface area (Å²) in [6, 6.07) is 8.17. The van der Waals surface area contributed by atoms with E-state index in [1.807, 2.05) is 0 Å². The molecule has 0 saturated carbocycles. The van der Waals surface area contributed by atoms with Gasteiger partial charge >= 0.3 is 0 Å². The van der Waals surface area contributed by atoms with Crippen molar-refractivity contribution in [2.75, 3.05) is 5.73 Å². The molecule has 0 heterocycles. The van der Waals surface area contributed by atoms with Crippen LogP contribution in [0.3, 0.4) is 0 Å². The number of ketones is 1. The van der Waals surface area contributed by atoms with Gasteiger partial charge in [-0.25, -0.2) is 5.53 Å². The second-order valence-corrected chi connectivity index (χ2v) is 3.92. The van der Waals surface area contributed by atoms with Crippen molar-refractivity contribution in [3.8, 4) is 11.5 Å². The van der Waals surface area contributed by atoms with Gasteiger partial charge in [0, 0.05) is 11.1 Å². The number of phenolic OH excluding ortho intramolecular Hbond substituents is 2. The number of nitrogens with two attached hydrogens (primary N) is 1. The zero-order valence-electron chi connectivity index (χ0n) is 9.79. The van der Waals surface area contributed by atoms with Crippen LogP contribution in [0.15, 0.2) is 41.5 Å². The van der Waals surface area contributed by atoms with Gasteiger partial charge in [-0.05, 0) is 36.4 Å². The molecule has 2 rings (SSSR count). The Hall–Kier alpha value is -2.89. The van der Waals surface area contributed by atoms with Crippen molar-refractivity contribution in [3.05, 3.63) is 47.5 Å². The first-order chi connectivity index (χ1) is 9.02. The fourth-order valence-corrected chi connectivity index (χ4v) is 1.62. The van der Waals surface area contributed by atoms with Crippen LogP contribution in [0, 0.1) is 5.53 Å². The van der Waals surface area contributed by atoms with Gasteiger partial charge in [-0.3, -0.25) is 4.79 Å². The number of rotatable bonds is 3. The van der Waals surface area contributed by atoms with E-state index in [4.69, 9.17) is 11.3 Å². The van der Waals surface area contributed by atoms with Crippen LogP contribution >= 0.6 is 0 Å². The summed E-state index contributed by atoms with van der Waals surface area (Å²) >= 11 is 0. The summed E-state index contributed by atoms with van der Waals surface area (Å²) in [4.78, 5) is 12.2. The predicted octanol–water partition coefficient (Wildman–Crippen LogP) is 2.57. The van der Waals surface area contributed by atoms with Crippen LogP contribution in [0.4, 0.5) is 11.4 Å². The van der Waals surface area contributed by atoms with Gasteiger partial charge in [0.1, 0.15) is 17.2 Å². The quantitative estimate of drug-likeness (QED) is 0.292. The normalized spacial score (nSPS) is 10.1. The highest BCUT2D eigenvalue weighted by Gasteiger charge is 2.12. The molecule has 0 fully saturated rings. The van der Waals surface area contributed by atoms with Gasteiger partial charge in [0.15, 0.2) is 5.78 Å². The summed E-state index contributed by atoms with van der Waals surface area (Å²) in [5, 5.41) is 21.8. The SMILES string of the molecule is N=Nc1cc(C(=O)c2ccc(O)c(N)c2)ccc1O. The van der Waals surface area contributed by atoms with Gasteiger partial charge < -0.3 is 15.9 Å². The molecule has 6 nitrogen and oxygen atoms in total. The summed E-state index contributed by atoms with van der Waals surface area (Å²) in [6.45, 7) is 0. The molecular weight excluding hydrogens is 246 g/mol. The Balaban J connectivity index is 2.43. The van der Waals surface area contributed by atoms with E-state index in [-0.39, 0.29) is 34.2 Å². The average molecular weight is 257 g/mol. The van der Waals surface area contributed by atoms with Crippen molar-refractivity contribution in [1.82, 2.24) is 0 Å². The number of hydrogen-bond donors (Lipinski definition) is 4. The van der Waals surface area contributed by atoms with Crippen molar-refractivity contribution in [3.63, 3.8) is 0 Å². The largest absolute Gasteiger partial charge is 0.506 e. The highest BCUT2D eigenvalue weighted by atomic mass is 16.3. The Labute approximate surface area is 108 Å². The lowest BCUT2D eigenvalue weighted by molar-refractivity contribution is 0.103. The summed E-state index contributed by atoms with van der Waals surface area (Å²) in [5.74, 6) is -0.600. The van der Waals surface area contributed by atoms with E-state index in [0.29, 0.717) is 5.56 Å². The van der Waals surface area contributed by atoms with E-state index in [1.54, 1.807) is 0 Å². The fourth-order valence-electron chi connectivity index (χ4n) is 1.62. The number of aromatic hydroxyl groups is 2. The molecule has 0 saturated heterocycles. The third-order valence-electron chi connectivity index (χ3n) is 2.65. The summed E-state index contributed by atoms with van der Waals surface area (Å²) < 4.78 is 0. The second kappa shape index (κ2) is 4.77. The number of phenols is 2. The van der Waals surface area contributed by atoms with E-state index in [1.165, 1.54) is 36.4 Å². The van der Waals surface area contributed by atoms with Gasteiger partial charge in [0.2, 0.25) is 0 Å². The Morgan fingerprint density at radius 3 is 2.21 bits per heavy atom. The van der Waals surface area contributed by atoms with Crippen molar-refractivity contribution in [2.24, 2.45) is 5.11 Å². The molecule has 0 amide bonds. The highest BCUT2D eigenvalue weighted by molar-refractivity contribution is 6.10. The van der Waals surface area contributed by atoms with E-state index in [2.05, 4.69) is 5.11 Å². The van der Waals surface area contributed by atoms with Crippen molar-refractivity contribution in [2.45, 2.75) is 0 Å². The summed E-state index contributed by atoms with van der Waals surface area (Å²) in [6.07, 6.45) is 0. The second-order valence-electron chi connectivity index (χ2n) is 3.92. The van der Waals surface area contributed by atoms with Gasteiger partial charge in [-0.1, -0.05) is 0 Å². The zero-order valence-corrected chi connectivity index (χ0v) is 9.79. The van der Waals surface area contributed by atoms with E-state index >= 15 is 0 Å². The molecule has 0 bridgehead atoms. The molecule has 2 aromatic rings. The van der Waals surface area contributed by atoms with Crippen LogP contribution in [0.1, 0.15) is 15.9 Å². The molecule has 6 heteroatoms. The monoisotopic (exact) mass is 257 g/mol. The van der Waals surface area contributed by atoms with Crippen molar-refractivity contribution in [1.29, 1.82) is 5.53 Å². The van der Waals surface area contributed by atoms with Crippen LogP contribution in [0.2, 0.25) is 0 Å². The van der Waals surface area contributed by atoms with E-state index < -0.39 is 0 Å². The topological polar surface area (TPSA) is 120 Å². The van der Waals surface area contributed by atoms with Crippen LogP contribution in [-0.4, -0.2) is 16.0 Å². The number of benzene rings is 2. The number of carbonyl (C=O) groups excluding carboxylic acids is 1. The minimum atomic E-state index is -0.336. The lowest BCUT2D eigenvalue weighted by atomic mass is 10.0. The molecule has 0 unspecified atom stereocenters. The van der Waals surface area contributed by atoms with Crippen molar-refractivity contribution >= 4 is 17.2 Å². The molecule has 0 aliphatic carbocycles. The number of nitrogen functional groups attached to an aromatic ring is 1. The third-order valence-corrected chi connectivity index (χ3v) is 2.65. The maximum atomic E-state index is 12.2. The molecule has 5 N–H and O–H groups in total. The van der Waals surface area contributed by atoms with Crippen LogP contribution in [0.25, 0.3) is 0 Å². The molecule has 0 aliphatic rings. The Morgan fingerprint density at radius 1 is 1.05 bits per heavy atom. The number of anilines is 1. The van der Waals surface area contributed by atoms with Gasteiger partial charge in [0.05, 0.1) is 5.69 Å². The number of nitrogens with zero attached hydrogens (tertiary/aromatic N) is 1. The fraction of sp³-hybridized carbons (Fsp3) is 0. The standard InChI is InChI=1S/C13H11N3O3/c14-9-5-7(1-3-11(9)17)13(19)8-2-4-12(18)10(6-8)16-15/h1-6,15,17-18H,14H2. The molecule has 0 atom stereocenters. The minimum Gasteiger partial charge on any atom is -0.506 e. The molecule has 0 radical (unpaired) electrons. The molecule has 19 heavy (non-hydrogen) atoms. The lowest BCUT2D eigenvalue weighted by Gasteiger charge is -2.05. The Bertz CT molecular complexity index is 668. The molecule has 0 spiro atoms. The van der Waals surface area contributed by atoms with Gasteiger partial charge in [-0.2, -0.15) is 5.11 Å². The van der Waals surface area contributed by atoms with E-state index in [9.17, 15) is 15.0 Å². The maximum absolute atomic E-state index is 12.2. The summed E-state index contributed by atoms with van der Waals surface area (Å²) in [5.41, 5.74) is 13.1. The van der Waals surface area contributed by atoms with Crippen LogP contribution < -0.4 is 5.73 Å². The zero-order chi connectivity index (χ0) is 14.0. The molecular formula is C13H11N3O3. The molecule has 0 aliphatic heterocycles. The molecule has 2 aromatic carbocycles. The third kappa shape index (κ3) is 2.37. The highest BCUT2D eigenvalue weighted by Crippen LogP contribution is 2.28. The van der Waals surface area contributed by atoms with Gasteiger partial charge in [0.25, 0.3) is 0 Å². The Morgan fingerprint density at radius 2 is 1.63 bits per heavy atom. The Kier molecular flexibility index (Phi) is 3.15. The number of hydrogen-bond acceptors (Lipinski definition) is 6. The van der Waals surface area contributed by atoms with Crippen LogP contribution in [0.5, 0.6) is 11.5 Å². The minimum absolute atomic E-state index is 0.0117. The van der Waals surface area contributed by atoms with E-state index in [0.717, 1.165) is 0 Å². The predicted molar refractivity (Wildman–Crippen MR) is 68.9 cm³/mol. The first kappa shape index (κ1) is 12.6. The van der Waals surface area contributed by atoms with Crippen LogP contribution in [-0.2, 0) is 0 Å². The van der Waals surface area contributed by atoms with Gasteiger partial charge in [-0.15, -0.1) is 0 Å². The smallest absolute Gasteiger partial charge is 0.193 e. The maximum Gasteiger partial charge on any atom is 0.193 e. The first-order valence-electron chi connectivity index (χ1n) is 5.36.